The Bertz CT molecular complexity index is 315. The zero-order valence-corrected chi connectivity index (χ0v) is 11.2. The summed E-state index contributed by atoms with van der Waals surface area (Å²) in [4.78, 5) is 1.48. The molecule has 14 heavy (non-hydrogen) atoms. The lowest BCUT2D eigenvalue weighted by molar-refractivity contribution is 0.512. The van der Waals surface area contributed by atoms with E-state index in [9.17, 15) is 0 Å². The first-order valence-corrected chi connectivity index (χ1v) is 6.67. The molecule has 0 saturated heterocycles. The molecule has 1 heterocycles. The van der Waals surface area contributed by atoms with Gasteiger partial charge in [0.2, 0.25) is 0 Å². The minimum Gasteiger partial charge on any atom is -0.312 e. The van der Waals surface area contributed by atoms with Crippen LogP contribution in [0.3, 0.4) is 0 Å². The van der Waals surface area contributed by atoms with E-state index in [0.29, 0.717) is 6.04 Å². The molecule has 1 aromatic rings. The van der Waals surface area contributed by atoms with Gasteiger partial charge in [0.25, 0.3) is 0 Å². The molecule has 0 aromatic carbocycles. The van der Waals surface area contributed by atoms with E-state index in [1.54, 1.807) is 0 Å². The molecule has 0 spiro atoms. The minimum atomic E-state index is 0.569. The zero-order chi connectivity index (χ0) is 10.3. The molecule has 1 saturated carbocycles. The molecule has 78 valence electrons. The molecule has 0 bridgehead atoms. The predicted octanol–water partition coefficient (Wildman–Crippen LogP) is 3.74. The van der Waals surface area contributed by atoms with E-state index >= 15 is 0 Å². The second-order valence-corrected chi connectivity index (χ2v) is 6.65. The van der Waals surface area contributed by atoms with Gasteiger partial charge < -0.3 is 5.32 Å². The average Bonchev–Trinajstić information content (AvgIpc) is 2.74. The van der Waals surface area contributed by atoms with Crippen molar-refractivity contribution in [3.8, 4) is 0 Å². The number of rotatable bonds is 3. The molecule has 1 aliphatic carbocycles. The summed E-state index contributed by atoms with van der Waals surface area (Å²) in [6.45, 7) is 4.50. The third kappa shape index (κ3) is 1.90. The van der Waals surface area contributed by atoms with Gasteiger partial charge in [0.15, 0.2) is 0 Å². The molecule has 3 unspecified atom stereocenters. The van der Waals surface area contributed by atoms with E-state index in [-0.39, 0.29) is 0 Å². The van der Waals surface area contributed by atoms with Crippen LogP contribution in [0.4, 0.5) is 0 Å². The van der Waals surface area contributed by atoms with Gasteiger partial charge in [-0.3, -0.25) is 0 Å². The summed E-state index contributed by atoms with van der Waals surface area (Å²) >= 11 is 5.46. The Hall–Kier alpha value is 0.140. The van der Waals surface area contributed by atoms with Gasteiger partial charge in [-0.1, -0.05) is 6.92 Å². The minimum absolute atomic E-state index is 0.569. The summed E-state index contributed by atoms with van der Waals surface area (Å²) < 4.78 is 1.28. The van der Waals surface area contributed by atoms with Gasteiger partial charge >= 0.3 is 0 Å². The van der Waals surface area contributed by atoms with Crippen molar-refractivity contribution in [2.45, 2.75) is 26.3 Å². The Morgan fingerprint density at radius 3 is 2.64 bits per heavy atom. The molecule has 1 N–H and O–H groups in total. The summed E-state index contributed by atoms with van der Waals surface area (Å²) in [5.41, 5.74) is 1.36. The van der Waals surface area contributed by atoms with Crippen LogP contribution in [0.5, 0.6) is 0 Å². The van der Waals surface area contributed by atoms with E-state index < -0.39 is 0 Å². The SMILES string of the molecule is CNC(c1cc(C)c(Br)s1)C1CC1C. The predicted molar refractivity (Wildman–Crippen MR) is 65.8 cm³/mol. The highest BCUT2D eigenvalue weighted by atomic mass is 79.9. The highest BCUT2D eigenvalue weighted by Crippen LogP contribution is 2.48. The van der Waals surface area contributed by atoms with E-state index in [4.69, 9.17) is 0 Å². The topological polar surface area (TPSA) is 12.0 Å². The number of halogens is 1. The Morgan fingerprint density at radius 2 is 2.29 bits per heavy atom. The van der Waals surface area contributed by atoms with Crippen molar-refractivity contribution in [1.29, 1.82) is 0 Å². The number of thiophene rings is 1. The third-order valence-electron chi connectivity index (χ3n) is 3.09. The maximum Gasteiger partial charge on any atom is 0.0731 e. The van der Waals surface area contributed by atoms with Gasteiger partial charge in [0.05, 0.1) is 3.79 Å². The summed E-state index contributed by atoms with van der Waals surface area (Å²) in [5, 5.41) is 3.44. The fourth-order valence-corrected chi connectivity index (χ4v) is 3.78. The zero-order valence-electron chi connectivity index (χ0n) is 8.80. The molecule has 1 nitrogen and oxygen atoms in total. The van der Waals surface area contributed by atoms with Gasteiger partial charge in [-0.15, -0.1) is 11.3 Å². The van der Waals surface area contributed by atoms with Gasteiger partial charge in [0, 0.05) is 10.9 Å². The second kappa shape index (κ2) is 3.95. The Morgan fingerprint density at radius 1 is 1.64 bits per heavy atom. The molecule has 0 aliphatic heterocycles. The van der Waals surface area contributed by atoms with Crippen LogP contribution in [0.15, 0.2) is 9.85 Å². The molecule has 2 rings (SSSR count). The highest BCUT2D eigenvalue weighted by Gasteiger charge is 2.40. The quantitative estimate of drug-likeness (QED) is 0.885. The molecule has 1 aliphatic rings. The molecular formula is C11H16BrNS. The number of aryl methyl sites for hydroxylation is 1. The molecule has 0 radical (unpaired) electrons. The van der Waals surface area contributed by atoms with Crippen molar-refractivity contribution in [3.05, 3.63) is 20.3 Å². The Balaban J connectivity index is 2.19. The maximum atomic E-state index is 3.59. The average molecular weight is 274 g/mol. The van der Waals surface area contributed by atoms with E-state index in [2.05, 4.69) is 48.2 Å². The third-order valence-corrected chi connectivity index (χ3v) is 5.31. The number of nitrogens with one attached hydrogen (secondary N) is 1. The first kappa shape index (κ1) is 10.7. The lowest BCUT2D eigenvalue weighted by Crippen LogP contribution is -2.17. The van der Waals surface area contributed by atoms with Gasteiger partial charge in [-0.25, -0.2) is 0 Å². The molecular weight excluding hydrogens is 258 g/mol. The van der Waals surface area contributed by atoms with Crippen LogP contribution in [-0.2, 0) is 0 Å². The first-order valence-electron chi connectivity index (χ1n) is 5.06. The lowest BCUT2D eigenvalue weighted by atomic mass is 10.1. The molecule has 1 fully saturated rings. The largest absolute Gasteiger partial charge is 0.312 e. The van der Waals surface area contributed by atoms with Crippen LogP contribution in [0, 0.1) is 18.8 Å². The number of hydrogen-bond donors (Lipinski definition) is 1. The maximum absolute atomic E-state index is 3.59. The normalized spacial score (nSPS) is 27.7. The summed E-state index contributed by atoms with van der Waals surface area (Å²) in [6.07, 6.45) is 1.38. The Kier molecular flexibility index (Phi) is 3.01. The monoisotopic (exact) mass is 273 g/mol. The van der Waals surface area contributed by atoms with E-state index in [1.807, 2.05) is 11.3 Å². The van der Waals surface area contributed by atoms with Crippen LogP contribution in [0.1, 0.15) is 29.8 Å². The van der Waals surface area contributed by atoms with Crippen molar-refractivity contribution in [3.63, 3.8) is 0 Å². The summed E-state index contributed by atoms with van der Waals surface area (Å²) in [7, 11) is 2.07. The molecule has 0 amide bonds. The Labute approximate surface area is 98.0 Å². The van der Waals surface area contributed by atoms with Crippen LogP contribution < -0.4 is 5.32 Å². The van der Waals surface area contributed by atoms with Crippen LogP contribution in [0.25, 0.3) is 0 Å². The fraction of sp³-hybridized carbons (Fsp3) is 0.636. The first-order chi connectivity index (χ1) is 6.63. The molecule has 1 aromatic heterocycles. The van der Waals surface area contributed by atoms with E-state index in [0.717, 1.165) is 11.8 Å². The highest BCUT2D eigenvalue weighted by molar-refractivity contribution is 9.11. The van der Waals surface area contributed by atoms with Crippen LogP contribution in [-0.4, -0.2) is 7.05 Å². The second-order valence-electron chi connectivity index (χ2n) is 4.25. The summed E-state index contributed by atoms with van der Waals surface area (Å²) in [6, 6.07) is 2.88. The van der Waals surface area contributed by atoms with Crippen LogP contribution in [0.2, 0.25) is 0 Å². The van der Waals surface area contributed by atoms with Crippen LogP contribution >= 0.6 is 27.3 Å². The smallest absolute Gasteiger partial charge is 0.0731 e. The fourth-order valence-electron chi connectivity index (χ4n) is 2.02. The van der Waals surface area contributed by atoms with E-state index in [1.165, 1.54) is 20.6 Å². The van der Waals surface area contributed by atoms with Crippen molar-refractivity contribution < 1.29 is 0 Å². The lowest BCUT2D eigenvalue weighted by Gasteiger charge is -2.13. The van der Waals surface area contributed by atoms with Crippen molar-refractivity contribution in [2.24, 2.45) is 11.8 Å². The van der Waals surface area contributed by atoms with Gasteiger partial charge in [-0.2, -0.15) is 0 Å². The van der Waals surface area contributed by atoms with Gasteiger partial charge in [-0.05, 0) is 59.8 Å². The van der Waals surface area contributed by atoms with Crippen molar-refractivity contribution in [2.75, 3.05) is 7.05 Å². The molecule has 3 atom stereocenters. The summed E-state index contributed by atoms with van der Waals surface area (Å²) in [5.74, 6) is 1.75. The van der Waals surface area contributed by atoms with Crippen molar-refractivity contribution >= 4 is 27.3 Å². The molecule has 3 heteroatoms. The number of hydrogen-bond acceptors (Lipinski definition) is 2. The van der Waals surface area contributed by atoms with Gasteiger partial charge in [0.1, 0.15) is 0 Å². The van der Waals surface area contributed by atoms with Crippen molar-refractivity contribution in [1.82, 2.24) is 5.32 Å². The standard InChI is InChI=1S/C11H16BrNS/c1-6-4-8(6)10(13-3)9-5-7(2)11(12)14-9/h5-6,8,10,13H,4H2,1-3H3.